The van der Waals surface area contributed by atoms with Crippen LogP contribution in [-0.2, 0) is 9.59 Å². The van der Waals surface area contributed by atoms with Gasteiger partial charge in [0.2, 0.25) is 11.8 Å². The van der Waals surface area contributed by atoms with Gasteiger partial charge in [0.1, 0.15) is 0 Å². The lowest BCUT2D eigenvalue weighted by molar-refractivity contribution is -0.124. The molecule has 0 spiro atoms. The molecule has 1 aliphatic carbocycles. The van der Waals surface area contributed by atoms with E-state index in [9.17, 15) is 9.59 Å². The maximum Gasteiger partial charge on any atom is 0.240 e. The van der Waals surface area contributed by atoms with Gasteiger partial charge in [-0.2, -0.15) is 5.10 Å². The second-order valence-electron chi connectivity index (χ2n) is 6.38. The highest BCUT2D eigenvalue weighted by molar-refractivity contribution is 6.31. The van der Waals surface area contributed by atoms with Crippen molar-refractivity contribution in [2.24, 2.45) is 11.0 Å². The summed E-state index contributed by atoms with van der Waals surface area (Å²) in [5, 5.41) is 7.57. The lowest BCUT2D eigenvalue weighted by Gasteiger charge is -2.18. The summed E-state index contributed by atoms with van der Waals surface area (Å²) in [4.78, 5) is 23.8. The Labute approximate surface area is 147 Å². The molecule has 2 amide bonds. The molecule has 1 aromatic carbocycles. The number of hydrazone groups is 1. The molecule has 6 heteroatoms. The van der Waals surface area contributed by atoms with Gasteiger partial charge in [-0.25, -0.2) is 5.43 Å². The lowest BCUT2D eigenvalue weighted by atomic mass is 9.89. The highest BCUT2D eigenvalue weighted by Gasteiger charge is 2.14. The maximum atomic E-state index is 12.0. The van der Waals surface area contributed by atoms with Crippen LogP contribution in [0.2, 0.25) is 5.02 Å². The Morgan fingerprint density at radius 1 is 1.29 bits per heavy atom. The third-order valence-electron chi connectivity index (χ3n) is 4.21. The number of hydrogen-bond donors (Lipinski definition) is 2. The predicted molar refractivity (Wildman–Crippen MR) is 97.3 cm³/mol. The average Bonchev–Trinajstić information content (AvgIpc) is 2.55. The first-order valence-electron chi connectivity index (χ1n) is 8.35. The quantitative estimate of drug-likeness (QED) is 0.787. The van der Waals surface area contributed by atoms with Crippen LogP contribution in [0.5, 0.6) is 0 Å². The number of carbonyl (C=O) groups is 2. The van der Waals surface area contributed by atoms with E-state index in [2.05, 4.69) is 22.8 Å². The second-order valence-corrected chi connectivity index (χ2v) is 6.78. The van der Waals surface area contributed by atoms with Gasteiger partial charge >= 0.3 is 0 Å². The number of anilines is 1. The van der Waals surface area contributed by atoms with Crippen molar-refractivity contribution in [2.75, 3.05) is 5.32 Å². The molecule has 1 fully saturated rings. The summed E-state index contributed by atoms with van der Waals surface area (Å²) in [7, 11) is 0. The van der Waals surface area contributed by atoms with Crippen LogP contribution >= 0.6 is 11.6 Å². The zero-order chi connectivity index (χ0) is 17.5. The van der Waals surface area contributed by atoms with Crippen molar-refractivity contribution in [3.05, 3.63) is 28.8 Å². The Bertz CT molecular complexity index is 643. The molecular formula is C18H24ClN3O2. The molecule has 0 unspecified atom stereocenters. The SMILES string of the molecule is Cc1c(Cl)cccc1NC(=O)CCC(=O)N/N=C1\CCC[C@H](C)C1. The van der Waals surface area contributed by atoms with E-state index >= 15 is 0 Å². The van der Waals surface area contributed by atoms with Gasteiger partial charge in [0.15, 0.2) is 0 Å². The Hall–Kier alpha value is -1.88. The summed E-state index contributed by atoms with van der Waals surface area (Å²) in [5.74, 6) is 0.175. The van der Waals surface area contributed by atoms with Crippen molar-refractivity contribution in [1.29, 1.82) is 0 Å². The molecule has 0 aliphatic heterocycles. The van der Waals surface area contributed by atoms with Gasteiger partial charge in [-0.05, 0) is 56.2 Å². The highest BCUT2D eigenvalue weighted by Crippen LogP contribution is 2.23. The summed E-state index contributed by atoms with van der Waals surface area (Å²) < 4.78 is 0. The van der Waals surface area contributed by atoms with Crippen LogP contribution in [0.25, 0.3) is 0 Å². The fourth-order valence-electron chi connectivity index (χ4n) is 2.74. The number of nitrogens with one attached hydrogen (secondary N) is 2. The maximum absolute atomic E-state index is 12.0. The van der Waals surface area contributed by atoms with Crippen LogP contribution in [0.1, 0.15) is 51.0 Å². The molecule has 2 N–H and O–H groups in total. The predicted octanol–water partition coefficient (Wildman–Crippen LogP) is 4.05. The van der Waals surface area contributed by atoms with Crippen molar-refractivity contribution in [3.8, 4) is 0 Å². The zero-order valence-electron chi connectivity index (χ0n) is 14.2. The van der Waals surface area contributed by atoms with Crippen LogP contribution in [0.15, 0.2) is 23.3 Å². The molecule has 130 valence electrons. The normalized spacial score (nSPS) is 19.1. The Kier molecular flexibility index (Phi) is 6.79. The molecule has 1 atom stereocenters. The average molecular weight is 350 g/mol. The van der Waals surface area contributed by atoms with Crippen LogP contribution in [0.3, 0.4) is 0 Å². The van der Waals surface area contributed by atoms with Crippen LogP contribution in [0, 0.1) is 12.8 Å². The zero-order valence-corrected chi connectivity index (χ0v) is 14.9. The Balaban J connectivity index is 1.76. The molecular weight excluding hydrogens is 326 g/mol. The van der Waals surface area contributed by atoms with Crippen molar-refractivity contribution in [1.82, 2.24) is 5.43 Å². The molecule has 24 heavy (non-hydrogen) atoms. The number of amides is 2. The fourth-order valence-corrected chi connectivity index (χ4v) is 2.92. The van der Waals surface area contributed by atoms with E-state index in [-0.39, 0.29) is 24.7 Å². The fraction of sp³-hybridized carbons (Fsp3) is 0.500. The molecule has 0 radical (unpaired) electrons. The first kappa shape index (κ1) is 18.5. The monoisotopic (exact) mass is 349 g/mol. The minimum absolute atomic E-state index is 0.109. The Morgan fingerprint density at radius 2 is 2.04 bits per heavy atom. The van der Waals surface area contributed by atoms with Gasteiger partial charge in [-0.1, -0.05) is 24.6 Å². The van der Waals surface area contributed by atoms with E-state index in [1.54, 1.807) is 18.2 Å². The number of nitrogens with zero attached hydrogens (tertiary/aromatic N) is 1. The van der Waals surface area contributed by atoms with Crippen molar-refractivity contribution >= 4 is 34.8 Å². The summed E-state index contributed by atoms with van der Waals surface area (Å²) in [6, 6.07) is 5.33. The summed E-state index contributed by atoms with van der Waals surface area (Å²) in [5.41, 5.74) is 5.09. The van der Waals surface area contributed by atoms with Gasteiger partial charge < -0.3 is 5.32 Å². The smallest absolute Gasteiger partial charge is 0.240 e. The molecule has 0 aromatic heterocycles. The van der Waals surface area contributed by atoms with E-state index in [1.807, 2.05) is 6.92 Å². The number of halogens is 1. The summed E-state index contributed by atoms with van der Waals surface area (Å²) in [6.45, 7) is 4.03. The topological polar surface area (TPSA) is 70.6 Å². The van der Waals surface area contributed by atoms with Crippen molar-refractivity contribution in [3.63, 3.8) is 0 Å². The second kappa shape index (κ2) is 8.83. The van der Waals surface area contributed by atoms with Crippen molar-refractivity contribution in [2.45, 2.75) is 52.4 Å². The molecule has 0 saturated heterocycles. The number of hydrogen-bond acceptors (Lipinski definition) is 3. The molecule has 0 bridgehead atoms. The van der Waals surface area contributed by atoms with E-state index in [1.165, 1.54) is 6.42 Å². The third-order valence-corrected chi connectivity index (χ3v) is 4.62. The summed E-state index contributed by atoms with van der Waals surface area (Å²) >= 11 is 6.02. The minimum Gasteiger partial charge on any atom is -0.326 e. The van der Waals surface area contributed by atoms with Gasteiger partial charge in [-0.3, -0.25) is 9.59 Å². The number of rotatable bonds is 5. The van der Waals surface area contributed by atoms with Crippen LogP contribution in [0.4, 0.5) is 5.69 Å². The molecule has 2 rings (SSSR count). The van der Waals surface area contributed by atoms with Gasteiger partial charge in [0.05, 0.1) is 0 Å². The molecule has 0 heterocycles. The van der Waals surface area contributed by atoms with E-state index in [4.69, 9.17) is 11.6 Å². The number of benzene rings is 1. The van der Waals surface area contributed by atoms with E-state index in [0.717, 1.165) is 30.5 Å². The molecule has 1 saturated carbocycles. The first-order chi connectivity index (χ1) is 11.5. The van der Waals surface area contributed by atoms with Crippen LogP contribution < -0.4 is 10.7 Å². The van der Waals surface area contributed by atoms with E-state index in [0.29, 0.717) is 16.6 Å². The molecule has 1 aromatic rings. The largest absolute Gasteiger partial charge is 0.326 e. The molecule has 1 aliphatic rings. The Morgan fingerprint density at radius 3 is 2.79 bits per heavy atom. The highest BCUT2D eigenvalue weighted by atomic mass is 35.5. The summed E-state index contributed by atoms with van der Waals surface area (Å²) in [6.07, 6.45) is 4.44. The third kappa shape index (κ3) is 5.64. The standard InChI is InChI=1S/C18H24ClN3O2/c1-12-5-3-6-14(11-12)21-22-18(24)10-9-17(23)20-16-8-4-7-15(19)13(16)2/h4,7-8,12H,3,5-6,9-11H2,1-2H3,(H,20,23)(H,22,24)/b21-14+/t12-/m0/s1. The van der Waals surface area contributed by atoms with Gasteiger partial charge in [0.25, 0.3) is 0 Å². The first-order valence-corrected chi connectivity index (χ1v) is 8.72. The minimum atomic E-state index is -0.237. The van der Waals surface area contributed by atoms with Crippen molar-refractivity contribution < 1.29 is 9.59 Å². The van der Waals surface area contributed by atoms with Gasteiger partial charge in [0, 0.05) is 29.3 Å². The van der Waals surface area contributed by atoms with Gasteiger partial charge in [-0.15, -0.1) is 0 Å². The molecule has 5 nitrogen and oxygen atoms in total. The lowest BCUT2D eigenvalue weighted by Crippen LogP contribution is -2.23. The number of carbonyl (C=O) groups excluding carboxylic acids is 2. The van der Waals surface area contributed by atoms with E-state index < -0.39 is 0 Å². The van der Waals surface area contributed by atoms with Crippen LogP contribution in [-0.4, -0.2) is 17.5 Å².